The van der Waals surface area contributed by atoms with Gasteiger partial charge in [-0.05, 0) is 12.3 Å². The first-order chi connectivity index (χ1) is 6.99. The van der Waals surface area contributed by atoms with Gasteiger partial charge in [0.15, 0.2) is 0 Å². The van der Waals surface area contributed by atoms with Gasteiger partial charge in [0.05, 0.1) is 11.0 Å². The van der Waals surface area contributed by atoms with Crippen molar-refractivity contribution in [3.8, 4) is 0 Å². The third-order valence-corrected chi connectivity index (χ3v) is 2.30. The van der Waals surface area contributed by atoms with Gasteiger partial charge in [-0.3, -0.25) is 4.79 Å². The molecule has 0 aromatic heterocycles. The van der Waals surface area contributed by atoms with Crippen LogP contribution in [-0.2, 0) is 9.53 Å². The number of hydrogen-bond acceptors (Lipinski definition) is 3. The topological polar surface area (TPSA) is 64.3 Å². The van der Waals surface area contributed by atoms with Crippen molar-refractivity contribution < 1.29 is 9.53 Å². The van der Waals surface area contributed by atoms with Gasteiger partial charge in [-0.1, -0.05) is 26.1 Å². The van der Waals surface area contributed by atoms with Crippen molar-refractivity contribution in [2.24, 2.45) is 11.7 Å². The number of nitrogens with two attached hydrogens (primary N) is 1. The van der Waals surface area contributed by atoms with Crippen LogP contribution in [0.25, 0.3) is 0 Å². The average molecular weight is 232 g/mol. The Balaban J connectivity index is 3.95. The molecule has 88 valence electrons. The fraction of sp³-hybridized carbons (Fsp3) is 0.800. The van der Waals surface area contributed by atoms with Crippen LogP contribution in [0.5, 0.6) is 0 Å². The summed E-state index contributed by atoms with van der Waals surface area (Å²) in [6.07, 6.45) is 1.16. The smallest absolute Gasteiger partial charge is 0.220 e. The second-order valence-corrected chi connectivity index (χ2v) is 4.26. The van der Waals surface area contributed by atoms with Crippen LogP contribution in [0, 0.1) is 5.92 Å². The van der Waals surface area contributed by atoms with Crippen LogP contribution < -0.4 is 11.1 Å². The summed E-state index contributed by atoms with van der Waals surface area (Å²) in [6.45, 7) is 4.53. The summed E-state index contributed by atoms with van der Waals surface area (Å²) in [5, 5.41) is 2.81. The van der Waals surface area contributed by atoms with E-state index in [4.69, 9.17) is 22.7 Å². The van der Waals surface area contributed by atoms with E-state index in [1.54, 1.807) is 7.11 Å². The van der Waals surface area contributed by atoms with E-state index in [-0.39, 0.29) is 17.9 Å². The number of rotatable bonds is 7. The zero-order valence-corrected chi connectivity index (χ0v) is 10.4. The number of thiocarbonyl (C=S) groups is 1. The van der Waals surface area contributed by atoms with Crippen molar-refractivity contribution in [1.29, 1.82) is 0 Å². The summed E-state index contributed by atoms with van der Waals surface area (Å²) in [6, 6.07) is -0.213. The molecule has 0 saturated heterocycles. The van der Waals surface area contributed by atoms with Crippen LogP contribution >= 0.6 is 12.2 Å². The predicted octanol–water partition coefficient (Wildman–Crippen LogP) is 0.840. The van der Waals surface area contributed by atoms with Gasteiger partial charge in [-0.25, -0.2) is 0 Å². The highest BCUT2D eigenvalue weighted by Crippen LogP contribution is 2.02. The van der Waals surface area contributed by atoms with Gasteiger partial charge >= 0.3 is 0 Å². The molecule has 0 aliphatic rings. The van der Waals surface area contributed by atoms with E-state index in [0.717, 1.165) is 0 Å². The quantitative estimate of drug-likeness (QED) is 0.504. The lowest BCUT2D eigenvalue weighted by atomic mass is 10.0. The number of hydrogen-bond donors (Lipinski definition) is 2. The van der Waals surface area contributed by atoms with E-state index in [1.807, 2.05) is 13.8 Å². The monoisotopic (exact) mass is 232 g/mol. The van der Waals surface area contributed by atoms with Crippen molar-refractivity contribution >= 4 is 23.1 Å². The Morgan fingerprint density at radius 2 is 2.13 bits per heavy atom. The lowest BCUT2D eigenvalue weighted by Crippen LogP contribution is -2.46. The van der Waals surface area contributed by atoms with Crippen molar-refractivity contribution in [2.45, 2.75) is 32.7 Å². The minimum atomic E-state index is -0.213. The maximum Gasteiger partial charge on any atom is 0.220 e. The summed E-state index contributed by atoms with van der Waals surface area (Å²) in [7, 11) is 1.61. The van der Waals surface area contributed by atoms with E-state index < -0.39 is 0 Å². The molecule has 0 heterocycles. The Morgan fingerprint density at radius 1 is 1.53 bits per heavy atom. The van der Waals surface area contributed by atoms with Crippen molar-refractivity contribution in [3.63, 3.8) is 0 Å². The van der Waals surface area contributed by atoms with Crippen LogP contribution in [0.2, 0.25) is 0 Å². The molecule has 0 spiro atoms. The summed E-state index contributed by atoms with van der Waals surface area (Å²) in [4.78, 5) is 11.8. The molecule has 3 N–H and O–H groups in total. The number of ether oxygens (including phenoxy) is 1. The molecule has 0 radical (unpaired) electrons. The zero-order chi connectivity index (χ0) is 11.8. The molecule has 0 aliphatic carbocycles. The molecule has 0 saturated carbocycles. The van der Waals surface area contributed by atoms with Crippen molar-refractivity contribution in [2.75, 3.05) is 13.7 Å². The third-order valence-electron chi connectivity index (χ3n) is 2.04. The fourth-order valence-corrected chi connectivity index (χ4v) is 1.52. The Morgan fingerprint density at radius 3 is 2.53 bits per heavy atom. The molecule has 0 aromatic rings. The van der Waals surface area contributed by atoms with Gasteiger partial charge in [0, 0.05) is 20.1 Å². The summed E-state index contributed by atoms with van der Waals surface area (Å²) in [5.74, 6) is 0.187. The third kappa shape index (κ3) is 6.41. The first-order valence-electron chi connectivity index (χ1n) is 5.06. The molecular formula is C10H20N2O2S. The van der Waals surface area contributed by atoms with Crippen LogP contribution in [0.1, 0.15) is 26.7 Å². The molecule has 4 nitrogen and oxygen atoms in total. The Labute approximate surface area is 96.5 Å². The van der Waals surface area contributed by atoms with Gasteiger partial charge in [0.1, 0.15) is 0 Å². The van der Waals surface area contributed by atoms with Gasteiger partial charge in [-0.15, -0.1) is 0 Å². The van der Waals surface area contributed by atoms with Crippen LogP contribution in [0.15, 0.2) is 0 Å². The number of amides is 1. The molecule has 0 aliphatic heterocycles. The highest BCUT2D eigenvalue weighted by atomic mass is 32.1. The first kappa shape index (κ1) is 14.3. The summed E-state index contributed by atoms with van der Waals surface area (Å²) in [5.41, 5.74) is 5.53. The van der Waals surface area contributed by atoms with E-state index in [0.29, 0.717) is 24.4 Å². The molecule has 15 heavy (non-hydrogen) atoms. The van der Waals surface area contributed by atoms with Crippen molar-refractivity contribution in [1.82, 2.24) is 5.32 Å². The largest absolute Gasteiger partial charge is 0.392 e. The molecule has 0 aromatic carbocycles. The first-order valence-corrected chi connectivity index (χ1v) is 5.47. The number of nitrogens with one attached hydrogen (secondary N) is 1. The summed E-state index contributed by atoms with van der Waals surface area (Å²) >= 11 is 4.89. The average Bonchev–Trinajstić information content (AvgIpc) is 2.13. The van der Waals surface area contributed by atoms with Gasteiger partial charge < -0.3 is 15.8 Å². The number of carbonyl (C=O) groups excluding carboxylic acids is 1. The van der Waals surface area contributed by atoms with E-state index in [2.05, 4.69) is 5.32 Å². The van der Waals surface area contributed by atoms with Crippen LogP contribution in [-0.4, -0.2) is 30.7 Å². The Kier molecular flexibility index (Phi) is 7.25. The number of methoxy groups -OCH3 is 1. The highest BCUT2D eigenvalue weighted by molar-refractivity contribution is 7.80. The van der Waals surface area contributed by atoms with Crippen LogP contribution in [0.4, 0.5) is 0 Å². The fourth-order valence-electron chi connectivity index (χ4n) is 1.19. The predicted molar refractivity (Wildman–Crippen MR) is 64.7 cm³/mol. The highest BCUT2D eigenvalue weighted by Gasteiger charge is 2.18. The lowest BCUT2D eigenvalue weighted by molar-refractivity contribution is -0.121. The minimum Gasteiger partial charge on any atom is -0.392 e. The minimum absolute atomic E-state index is 0.0291. The normalized spacial score (nSPS) is 12.5. The maximum atomic E-state index is 11.5. The molecule has 0 fully saturated rings. The molecule has 0 bridgehead atoms. The second kappa shape index (κ2) is 7.59. The zero-order valence-electron chi connectivity index (χ0n) is 9.58. The van der Waals surface area contributed by atoms with Gasteiger partial charge in [0.25, 0.3) is 0 Å². The Bertz CT molecular complexity index is 219. The number of carbonyl (C=O) groups is 1. The molecule has 1 unspecified atom stereocenters. The SMILES string of the molecule is COCCCC(=O)NC(C(N)=S)C(C)C. The lowest BCUT2D eigenvalue weighted by Gasteiger charge is -2.20. The molecule has 1 atom stereocenters. The van der Waals surface area contributed by atoms with E-state index >= 15 is 0 Å². The Hall–Kier alpha value is -0.680. The standard InChI is InChI=1S/C10H20N2O2S/c1-7(2)9(10(11)15)12-8(13)5-4-6-14-3/h7,9H,4-6H2,1-3H3,(H2,11,15)(H,12,13). The van der Waals surface area contributed by atoms with Crippen molar-refractivity contribution in [3.05, 3.63) is 0 Å². The van der Waals surface area contributed by atoms with E-state index in [9.17, 15) is 4.79 Å². The second-order valence-electron chi connectivity index (χ2n) is 3.79. The molecule has 0 rings (SSSR count). The van der Waals surface area contributed by atoms with Gasteiger partial charge in [0.2, 0.25) is 5.91 Å². The molecule has 1 amide bonds. The molecular weight excluding hydrogens is 212 g/mol. The maximum absolute atomic E-state index is 11.5. The van der Waals surface area contributed by atoms with Gasteiger partial charge in [-0.2, -0.15) is 0 Å². The van der Waals surface area contributed by atoms with Crippen LogP contribution in [0.3, 0.4) is 0 Å². The van der Waals surface area contributed by atoms with E-state index in [1.165, 1.54) is 0 Å². The molecule has 5 heteroatoms. The summed E-state index contributed by atoms with van der Waals surface area (Å²) < 4.78 is 4.86.